The number of amides is 1. The largest absolute Gasteiger partial charge is 0.370 e. The fourth-order valence-corrected chi connectivity index (χ4v) is 4.52. The Morgan fingerprint density at radius 3 is 2.77 bits per heavy atom. The summed E-state index contributed by atoms with van der Waals surface area (Å²) in [5, 5.41) is 7.86. The molecule has 1 amide bonds. The van der Waals surface area contributed by atoms with Crippen LogP contribution >= 0.6 is 11.6 Å². The van der Waals surface area contributed by atoms with Gasteiger partial charge in [-0.15, -0.1) is 11.6 Å². The van der Waals surface area contributed by atoms with Crippen molar-refractivity contribution in [3.63, 3.8) is 0 Å². The van der Waals surface area contributed by atoms with Gasteiger partial charge in [-0.25, -0.2) is 4.98 Å². The van der Waals surface area contributed by atoms with E-state index in [4.69, 9.17) is 22.3 Å². The summed E-state index contributed by atoms with van der Waals surface area (Å²) in [4.78, 5) is 24.3. The summed E-state index contributed by atoms with van der Waals surface area (Å²) in [6.07, 6.45) is 0.0554. The van der Waals surface area contributed by atoms with Crippen molar-refractivity contribution in [2.24, 2.45) is 5.73 Å². The molecule has 8 nitrogen and oxygen atoms in total. The maximum Gasteiger partial charge on any atom is 0.219 e. The third-order valence-electron chi connectivity index (χ3n) is 5.90. The van der Waals surface area contributed by atoms with Gasteiger partial charge in [0.25, 0.3) is 0 Å². The maximum atomic E-state index is 11.4. The van der Waals surface area contributed by atoms with E-state index in [1.165, 1.54) is 5.69 Å². The summed E-state index contributed by atoms with van der Waals surface area (Å²) >= 11 is 6.51. The van der Waals surface area contributed by atoms with E-state index in [1.807, 2.05) is 24.3 Å². The van der Waals surface area contributed by atoms with Crippen molar-refractivity contribution in [1.29, 1.82) is 0 Å². The zero-order valence-corrected chi connectivity index (χ0v) is 18.0. The number of nitrogens with two attached hydrogens (primary N) is 1. The van der Waals surface area contributed by atoms with Crippen molar-refractivity contribution in [2.75, 3.05) is 38.1 Å². The third kappa shape index (κ3) is 3.73. The number of fused-ring (bicyclic) bond motifs is 2. The van der Waals surface area contributed by atoms with Crippen LogP contribution in [0.3, 0.4) is 0 Å². The van der Waals surface area contributed by atoms with Gasteiger partial charge in [-0.1, -0.05) is 12.1 Å². The lowest BCUT2D eigenvalue weighted by Gasteiger charge is -2.34. The van der Waals surface area contributed by atoms with Crippen LogP contribution in [0.15, 0.2) is 36.4 Å². The monoisotopic (exact) mass is 437 g/mol. The van der Waals surface area contributed by atoms with Crippen LogP contribution in [0.1, 0.15) is 17.4 Å². The Balaban J connectivity index is 1.54. The molecule has 4 N–H and O–H groups in total. The quantitative estimate of drug-likeness (QED) is 0.416. The Kier molecular flexibility index (Phi) is 5.03. The number of H-pyrrole nitrogens is 2. The number of hydrogen-bond acceptors (Lipinski definition) is 5. The van der Waals surface area contributed by atoms with Crippen LogP contribution in [0, 0.1) is 0 Å². The molecule has 31 heavy (non-hydrogen) atoms. The predicted molar refractivity (Wildman–Crippen MR) is 123 cm³/mol. The Morgan fingerprint density at radius 1 is 1.19 bits per heavy atom. The number of hydrogen-bond donors (Lipinski definition) is 3. The zero-order valence-electron chi connectivity index (χ0n) is 17.2. The van der Waals surface area contributed by atoms with Crippen LogP contribution in [0.25, 0.3) is 33.5 Å². The van der Waals surface area contributed by atoms with E-state index < -0.39 is 11.3 Å². The van der Waals surface area contributed by atoms with Crippen LogP contribution in [-0.2, 0) is 4.79 Å². The molecule has 5 rings (SSSR count). The molecule has 0 bridgehead atoms. The van der Waals surface area contributed by atoms with Gasteiger partial charge in [-0.3, -0.25) is 9.89 Å². The van der Waals surface area contributed by atoms with Crippen molar-refractivity contribution in [3.8, 4) is 11.5 Å². The standard InChI is InChI=1S/C22H24ClN7O/c1-29-7-9-30(10-8-29)13-5-6-16-18(11-13)26-22(25-16)21-20-14(15(23)12-19(24)31)3-2-4-17(20)27-28-21/h2-6,11,15H,7-10,12H2,1H3,(H2,24,31)(H,25,26)(H,27,28). The number of halogens is 1. The molecule has 1 aliphatic heterocycles. The highest BCUT2D eigenvalue weighted by Crippen LogP contribution is 2.36. The molecule has 1 fully saturated rings. The second-order valence-corrected chi connectivity index (χ2v) is 8.58. The Morgan fingerprint density at radius 2 is 2.00 bits per heavy atom. The molecule has 0 saturated carbocycles. The van der Waals surface area contributed by atoms with Crippen LogP contribution in [-0.4, -0.2) is 64.2 Å². The summed E-state index contributed by atoms with van der Waals surface area (Å²) in [6.45, 7) is 4.12. The van der Waals surface area contributed by atoms with Crippen LogP contribution in [0.2, 0.25) is 0 Å². The van der Waals surface area contributed by atoms with Crippen molar-refractivity contribution >= 4 is 45.1 Å². The Bertz CT molecular complexity index is 1260. The molecule has 2 aromatic carbocycles. The van der Waals surface area contributed by atoms with Gasteiger partial charge in [0.1, 0.15) is 5.69 Å². The van der Waals surface area contributed by atoms with Gasteiger partial charge in [0.2, 0.25) is 5.91 Å². The molecule has 0 radical (unpaired) electrons. The first kappa shape index (κ1) is 19.8. The van der Waals surface area contributed by atoms with E-state index in [2.05, 4.69) is 44.2 Å². The normalized spacial score (nSPS) is 16.3. The lowest BCUT2D eigenvalue weighted by molar-refractivity contribution is -0.118. The van der Waals surface area contributed by atoms with Gasteiger partial charge in [0, 0.05) is 43.7 Å². The SMILES string of the molecule is CN1CCN(c2ccc3nc(-c4n[nH]c5cccc(C(Cl)CC(N)=O)c45)[nH]c3c2)CC1. The summed E-state index contributed by atoms with van der Waals surface area (Å²) in [7, 11) is 2.15. The minimum atomic E-state index is -0.536. The number of imidazole rings is 1. The molecule has 0 spiro atoms. The third-order valence-corrected chi connectivity index (χ3v) is 6.29. The van der Waals surface area contributed by atoms with E-state index in [-0.39, 0.29) is 6.42 Å². The fraction of sp³-hybridized carbons (Fsp3) is 0.318. The molecular formula is C22H24ClN7O. The van der Waals surface area contributed by atoms with Crippen LogP contribution in [0.5, 0.6) is 0 Å². The molecule has 160 valence electrons. The lowest BCUT2D eigenvalue weighted by Crippen LogP contribution is -2.44. The van der Waals surface area contributed by atoms with Gasteiger partial charge < -0.3 is 20.5 Å². The zero-order chi connectivity index (χ0) is 21.5. The van der Waals surface area contributed by atoms with Crippen molar-refractivity contribution in [1.82, 2.24) is 25.1 Å². The number of alkyl halides is 1. The number of nitrogens with one attached hydrogen (secondary N) is 2. The fourth-order valence-electron chi connectivity index (χ4n) is 4.19. The highest BCUT2D eigenvalue weighted by atomic mass is 35.5. The highest BCUT2D eigenvalue weighted by Gasteiger charge is 2.21. The van der Waals surface area contributed by atoms with Gasteiger partial charge in [-0.05, 0) is 36.9 Å². The Hall–Kier alpha value is -3.10. The van der Waals surface area contributed by atoms with Gasteiger partial charge in [0.15, 0.2) is 5.82 Å². The summed E-state index contributed by atoms with van der Waals surface area (Å²) in [5.74, 6) is 0.217. The van der Waals surface area contributed by atoms with Gasteiger partial charge >= 0.3 is 0 Å². The molecule has 1 saturated heterocycles. The molecule has 9 heteroatoms. The minimum absolute atomic E-state index is 0.0554. The number of aromatic amines is 2. The molecule has 3 heterocycles. The molecule has 1 atom stereocenters. The summed E-state index contributed by atoms with van der Waals surface area (Å²) in [6, 6.07) is 12.0. The van der Waals surface area contributed by atoms with Crippen LogP contribution in [0.4, 0.5) is 5.69 Å². The minimum Gasteiger partial charge on any atom is -0.370 e. The average Bonchev–Trinajstić information content (AvgIpc) is 3.37. The number of carbonyl (C=O) groups is 1. The van der Waals surface area contributed by atoms with Crippen LogP contribution < -0.4 is 10.6 Å². The number of benzene rings is 2. The number of nitrogens with zero attached hydrogens (tertiary/aromatic N) is 4. The van der Waals surface area contributed by atoms with E-state index in [0.29, 0.717) is 11.5 Å². The molecule has 1 aliphatic rings. The average molecular weight is 438 g/mol. The lowest BCUT2D eigenvalue weighted by atomic mass is 10.0. The van der Waals surface area contributed by atoms with E-state index in [9.17, 15) is 4.79 Å². The van der Waals surface area contributed by atoms with Gasteiger partial charge in [-0.2, -0.15) is 5.10 Å². The first-order valence-electron chi connectivity index (χ1n) is 10.3. The maximum absolute atomic E-state index is 11.4. The first-order chi connectivity index (χ1) is 15.0. The van der Waals surface area contributed by atoms with E-state index in [0.717, 1.165) is 53.7 Å². The molecule has 1 unspecified atom stereocenters. The van der Waals surface area contributed by atoms with Crippen molar-refractivity contribution in [3.05, 3.63) is 42.0 Å². The number of carbonyl (C=O) groups excluding carboxylic acids is 1. The topological polar surface area (TPSA) is 107 Å². The second kappa shape index (κ2) is 7.86. The Labute approximate surface area is 184 Å². The number of anilines is 1. The smallest absolute Gasteiger partial charge is 0.219 e. The highest BCUT2D eigenvalue weighted by molar-refractivity contribution is 6.23. The number of piperazine rings is 1. The summed E-state index contributed by atoms with van der Waals surface area (Å²) < 4.78 is 0. The van der Waals surface area contributed by atoms with E-state index >= 15 is 0 Å². The number of aromatic nitrogens is 4. The number of rotatable bonds is 5. The number of primary amides is 1. The van der Waals surface area contributed by atoms with E-state index in [1.54, 1.807) is 0 Å². The summed E-state index contributed by atoms with van der Waals surface area (Å²) in [5.41, 5.74) is 10.7. The van der Waals surface area contributed by atoms with Crippen molar-refractivity contribution < 1.29 is 4.79 Å². The molecule has 4 aromatic rings. The first-order valence-corrected chi connectivity index (χ1v) is 10.8. The molecule has 0 aliphatic carbocycles. The van der Waals surface area contributed by atoms with Gasteiger partial charge in [0.05, 0.1) is 21.9 Å². The molecule has 2 aromatic heterocycles. The molecular weight excluding hydrogens is 414 g/mol. The van der Waals surface area contributed by atoms with Crippen molar-refractivity contribution in [2.45, 2.75) is 11.8 Å². The number of likely N-dealkylation sites (N-methyl/N-ethyl adjacent to an activating group) is 1. The second-order valence-electron chi connectivity index (χ2n) is 8.06. The predicted octanol–water partition coefficient (Wildman–Crippen LogP) is 3.01.